The van der Waals surface area contributed by atoms with Crippen LogP contribution in [0.25, 0.3) is 0 Å². The van der Waals surface area contributed by atoms with E-state index in [1.807, 2.05) is 9.80 Å². The van der Waals surface area contributed by atoms with Crippen LogP contribution in [0, 0.1) is 11.6 Å². The second kappa shape index (κ2) is 8.44. The monoisotopic (exact) mass is 366 g/mol. The number of carbonyl (C=O) groups excluding carboxylic acids is 2. The topological polar surface area (TPSA) is 55.9 Å². The lowest BCUT2D eigenvalue weighted by Crippen LogP contribution is -2.52. The minimum atomic E-state index is -0.735. The first-order chi connectivity index (χ1) is 12.5. The van der Waals surface area contributed by atoms with Gasteiger partial charge in [0.1, 0.15) is 11.6 Å². The lowest BCUT2D eigenvalue weighted by Gasteiger charge is -2.36. The third-order valence-corrected chi connectivity index (χ3v) is 4.84. The number of likely N-dealkylation sites (tertiary alicyclic amines) is 1. The Kier molecular flexibility index (Phi) is 6.03. The Morgan fingerprint density at radius 3 is 2.08 bits per heavy atom. The van der Waals surface area contributed by atoms with Gasteiger partial charge >= 0.3 is 6.03 Å². The van der Waals surface area contributed by atoms with Crippen LogP contribution in [0.5, 0.6) is 0 Å². The Morgan fingerprint density at radius 1 is 0.846 bits per heavy atom. The average molecular weight is 366 g/mol. The summed E-state index contributed by atoms with van der Waals surface area (Å²) in [5.74, 6) is -1.32. The normalized spacial score (nSPS) is 18.7. The molecule has 2 aliphatic rings. The molecule has 0 aliphatic carbocycles. The molecule has 0 radical (unpaired) electrons. The highest BCUT2D eigenvalue weighted by molar-refractivity contribution is 5.89. The summed E-state index contributed by atoms with van der Waals surface area (Å²) in [5, 5.41) is 2.51. The minimum Gasteiger partial charge on any atom is -0.342 e. The molecule has 0 aromatic heterocycles. The molecule has 6 nitrogen and oxygen atoms in total. The maximum Gasteiger partial charge on any atom is 0.321 e. The van der Waals surface area contributed by atoms with E-state index in [0.29, 0.717) is 32.7 Å². The van der Waals surface area contributed by atoms with Crippen molar-refractivity contribution in [3.05, 3.63) is 29.8 Å². The number of nitrogens with one attached hydrogen (secondary N) is 1. The Labute approximate surface area is 151 Å². The van der Waals surface area contributed by atoms with Crippen molar-refractivity contribution in [2.75, 3.05) is 51.1 Å². The Morgan fingerprint density at radius 2 is 1.46 bits per heavy atom. The lowest BCUT2D eigenvalue weighted by atomic mass is 10.1. The minimum absolute atomic E-state index is 0.0928. The maximum atomic E-state index is 13.2. The van der Waals surface area contributed by atoms with Gasteiger partial charge in [-0.15, -0.1) is 0 Å². The van der Waals surface area contributed by atoms with Crippen LogP contribution in [0.15, 0.2) is 18.2 Å². The highest BCUT2D eigenvalue weighted by Gasteiger charge is 2.25. The summed E-state index contributed by atoms with van der Waals surface area (Å²) in [6.45, 7) is 4.20. The lowest BCUT2D eigenvalue weighted by molar-refractivity contribution is -0.133. The van der Waals surface area contributed by atoms with Gasteiger partial charge in [-0.2, -0.15) is 0 Å². The number of carbonyl (C=O) groups is 2. The first-order valence-electron chi connectivity index (χ1n) is 9.03. The summed E-state index contributed by atoms with van der Waals surface area (Å²) in [4.78, 5) is 30.1. The summed E-state index contributed by atoms with van der Waals surface area (Å²) in [5.41, 5.74) is 0.0928. The second-order valence-electron chi connectivity index (χ2n) is 6.79. The van der Waals surface area contributed by atoms with E-state index in [9.17, 15) is 18.4 Å². The number of piperazine rings is 1. The van der Waals surface area contributed by atoms with Gasteiger partial charge in [-0.3, -0.25) is 9.69 Å². The van der Waals surface area contributed by atoms with Gasteiger partial charge in [0.15, 0.2) is 0 Å². The second-order valence-corrected chi connectivity index (χ2v) is 6.79. The number of urea groups is 1. The van der Waals surface area contributed by atoms with E-state index in [4.69, 9.17) is 0 Å². The van der Waals surface area contributed by atoms with Crippen LogP contribution in [0.1, 0.15) is 19.3 Å². The molecule has 3 amide bonds. The summed E-state index contributed by atoms with van der Waals surface area (Å²) in [6, 6.07) is 2.52. The zero-order chi connectivity index (χ0) is 18.5. The smallest absolute Gasteiger partial charge is 0.321 e. The third-order valence-electron chi connectivity index (χ3n) is 4.84. The zero-order valence-electron chi connectivity index (χ0n) is 14.7. The first-order valence-corrected chi connectivity index (χ1v) is 9.03. The summed E-state index contributed by atoms with van der Waals surface area (Å²) < 4.78 is 26.4. The number of hydrogen-bond donors (Lipinski definition) is 1. The molecule has 8 heteroatoms. The number of benzene rings is 1. The standard InChI is InChI=1S/C18H24F2N4O2/c19-14-10-15(20)12-16(11-14)21-18(26)24-8-6-22(7-9-24)13-17(25)23-4-2-1-3-5-23/h10-12H,1-9,13H2,(H,21,26). The molecule has 3 rings (SSSR count). The molecule has 1 aromatic carbocycles. The van der Waals surface area contributed by atoms with Gasteiger partial charge in [-0.1, -0.05) is 0 Å². The predicted octanol–water partition coefficient (Wildman–Crippen LogP) is 2.13. The van der Waals surface area contributed by atoms with Gasteiger partial charge in [0.05, 0.1) is 6.54 Å². The van der Waals surface area contributed by atoms with Gasteiger partial charge in [0.2, 0.25) is 5.91 Å². The molecule has 1 aromatic rings. The van der Waals surface area contributed by atoms with Crippen LogP contribution < -0.4 is 5.32 Å². The highest BCUT2D eigenvalue weighted by Crippen LogP contribution is 2.14. The Bertz CT molecular complexity index is 636. The van der Waals surface area contributed by atoms with Gasteiger partial charge in [0, 0.05) is 51.0 Å². The summed E-state index contributed by atoms with van der Waals surface area (Å²) in [7, 11) is 0. The van der Waals surface area contributed by atoms with Crippen LogP contribution in [-0.2, 0) is 4.79 Å². The molecular weight excluding hydrogens is 342 g/mol. The molecule has 2 aliphatic heterocycles. The van der Waals surface area contributed by atoms with E-state index in [1.54, 1.807) is 4.90 Å². The van der Waals surface area contributed by atoms with Gasteiger partial charge < -0.3 is 15.1 Å². The van der Waals surface area contributed by atoms with Crippen molar-refractivity contribution in [2.45, 2.75) is 19.3 Å². The molecular formula is C18H24F2N4O2. The third kappa shape index (κ3) is 4.91. The molecule has 2 fully saturated rings. The van der Waals surface area contributed by atoms with E-state index < -0.39 is 17.7 Å². The fraction of sp³-hybridized carbons (Fsp3) is 0.556. The van der Waals surface area contributed by atoms with Crippen LogP contribution in [-0.4, -0.2) is 72.5 Å². The quantitative estimate of drug-likeness (QED) is 0.892. The van der Waals surface area contributed by atoms with Crippen molar-refractivity contribution in [3.8, 4) is 0 Å². The average Bonchev–Trinajstić information content (AvgIpc) is 2.62. The molecule has 0 unspecified atom stereocenters. The Balaban J connectivity index is 1.45. The van der Waals surface area contributed by atoms with E-state index >= 15 is 0 Å². The summed E-state index contributed by atoms with van der Waals surface area (Å²) >= 11 is 0. The van der Waals surface area contributed by atoms with E-state index in [1.165, 1.54) is 6.42 Å². The van der Waals surface area contributed by atoms with E-state index in [-0.39, 0.29) is 11.6 Å². The largest absolute Gasteiger partial charge is 0.342 e. The molecule has 0 bridgehead atoms. The molecule has 1 N–H and O–H groups in total. The molecule has 0 saturated carbocycles. The number of halogens is 2. The highest BCUT2D eigenvalue weighted by atomic mass is 19.1. The van der Waals surface area contributed by atoms with Crippen molar-refractivity contribution in [1.82, 2.24) is 14.7 Å². The van der Waals surface area contributed by atoms with Crippen LogP contribution in [0.4, 0.5) is 19.3 Å². The van der Waals surface area contributed by atoms with Gasteiger partial charge in [-0.05, 0) is 31.4 Å². The van der Waals surface area contributed by atoms with Gasteiger partial charge in [0.25, 0.3) is 0 Å². The van der Waals surface area contributed by atoms with Crippen molar-refractivity contribution in [1.29, 1.82) is 0 Å². The number of hydrogen-bond acceptors (Lipinski definition) is 3. The number of anilines is 1. The fourth-order valence-corrected chi connectivity index (χ4v) is 3.37. The maximum absolute atomic E-state index is 13.2. The molecule has 0 spiro atoms. The van der Waals surface area contributed by atoms with Crippen molar-refractivity contribution >= 4 is 17.6 Å². The summed E-state index contributed by atoms with van der Waals surface area (Å²) in [6.07, 6.45) is 3.33. The number of piperidine rings is 1. The van der Waals surface area contributed by atoms with E-state index in [2.05, 4.69) is 5.32 Å². The molecule has 0 atom stereocenters. The number of amides is 3. The van der Waals surface area contributed by atoms with Crippen LogP contribution >= 0.6 is 0 Å². The van der Waals surface area contributed by atoms with Crippen LogP contribution in [0.3, 0.4) is 0 Å². The zero-order valence-corrected chi connectivity index (χ0v) is 14.7. The molecule has 26 heavy (non-hydrogen) atoms. The van der Waals surface area contributed by atoms with Crippen molar-refractivity contribution in [2.24, 2.45) is 0 Å². The SMILES string of the molecule is O=C(CN1CCN(C(=O)Nc2cc(F)cc(F)c2)CC1)N1CCCCC1. The number of nitrogens with zero attached hydrogens (tertiary/aromatic N) is 3. The Hall–Kier alpha value is -2.22. The van der Waals surface area contributed by atoms with Crippen molar-refractivity contribution in [3.63, 3.8) is 0 Å². The predicted molar refractivity (Wildman–Crippen MR) is 93.8 cm³/mol. The van der Waals surface area contributed by atoms with Gasteiger partial charge in [-0.25, -0.2) is 13.6 Å². The van der Waals surface area contributed by atoms with Crippen LogP contribution in [0.2, 0.25) is 0 Å². The first kappa shape index (κ1) is 18.6. The van der Waals surface area contributed by atoms with E-state index in [0.717, 1.165) is 44.1 Å². The molecule has 2 saturated heterocycles. The number of rotatable bonds is 3. The fourth-order valence-electron chi connectivity index (χ4n) is 3.37. The molecule has 142 valence electrons. The van der Waals surface area contributed by atoms with Crippen molar-refractivity contribution < 1.29 is 18.4 Å². The molecule has 2 heterocycles.